The van der Waals surface area contributed by atoms with Crippen LogP contribution in [0, 0.1) is 18.3 Å². The molecule has 118 valence electrons. The SMILES string of the molecule is Cc1cc([C@H]2CCCN2C(=O)COc2cccc(C#N)c2)on1. The zero-order valence-corrected chi connectivity index (χ0v) is 12.9. The summed E-state index contributed by atoms with van der Waals surface area (Å²) in [7, 11) is 0. The summed E-state index contributed by atoms with van der Waals surface area (Å²) in [6.45, 7) is 2.49. The minimum Gasteiger partial charge on any atom is -0.484 e. The molecule has 6 heteroatoms. The number of rotatable bonds is 4. The smallest absolute Gasteiger partial charge is 0.261 e. The minimum absolute atomic E-state index is 0.0570. The Morgan fingerprint density at radius 1 is 1.52 bits per heavy atom. The number of carbonyl (C=O) groups excluding carboxylic acids is 1. The molecule has 1 saturated heterocycles. The molecule has 1 aliphatic heterocycles. The predicted molar refractivity (Wildman–Crippen MR) is 81.6 cm³/mol. The predicted octanol–water partition coefficient (Wildman–Crippen LogP) is 2.60. The first-order valence-corrected chi connectivity index (χ1v) is 7.53. The van der Waals surface area contributed by atoms with Gasteiger partial charge in [0.2, 0.25) is 0 Å². The number of nitrogens with zero attached hydrogens (tertiary/aromatic N) is 3. The molecule has 0 spiro atoms. The van der Waals surface area contributed by atoms with E-state index in [0.29, 0.717) is 17.9 Å². The first kappa shape index (κ1) is 15.1. The lowest BCUT2D eigenvalue weighted by Crippen LogP contribution is -2.34. The molecule has 1 atom stereocenters. The number of hydrogen-bond acceptors (Lipinski definition) is 5. The van der Waals surface area contributed by atoms with Crippen molar-refractivity contribution < 1.29 is 14.1 Å². The fourth-order valence-electron chi connectivity index (χ4n) is 2.78. The largest absolute Gasteiger partial charge is 0.484 e. The lowest BCUT2D eigenvalue weighted by Gasteiger charge is -2.22. The highest BCUT2D eigenvalue weighted by molar-refractivity contribution is 5.78. The van der Waals surface area contributed by atoms with Crippen molar-refractivity contribution in [1.82, 2.24) is 10.1 Å². The number of ether oxygens (including phenoxy) is 1. The van der Waals surface area contributed by atoms with Gasteiger partial charge in [0.1, 0.15) is 5.75 Å². The molecule has 6 nitrogen and oxygen atoms in total. The molecule has 2 heterocycles. The lowest BCUT2D eigenvalue weighted by atomic mass is 10.1. The number of aromatic nitrogens is 1. The molecule has 0 bridgehead atoms. The highest BCUT2D eigenvalue weighted by atomic mass is 16.5. The monoisotopic (exact) mass is 311 g/mol. The van der Waals surface area contributed by atoms with Crippen LogP contribution in [0.25, 0.3) is 0 Å². The van der Waals surface area contributed by atoms with Crippen LogP contribution in [0.1, 0.15) is 35.9 Å². The summed E-state index contributed by atoms with van der Waals surface area (Å²) < 4.78 is 10.8. The van der Waals surface area contributed by atoms with Crippen molar-refractivity contribution in [1.29, 1.82) is 5.26 Å². The van der Waals surface area contributed by atoms with Gasteiger partial charge in [0.25, 0.3) is 5.91 Å². The van der Waals surface area contributed by atoms with E-state index in [4.69, 9.17) is 14.5 Å². The van der Waals surface area contributed by atoms with E-state index in [1.165, 1.54) is 0 Å². The first-order chi connectivity index (χ1) is 11.2. The Balaban J connectivity index is 1.64. The molecule has 23 heavy (non-hydrogen) atoms. The summed E-state index contributed by atoms with van der Waals surface area (Å²) in [5, 5.41) is 12.8. The normalized spacial score (nSPS) is 17.0. The lowest BCUT2D eigenvalue weighted by molar-refractivity contribution is -0.134. The first-order valence-electron chi connectivity index (χ1n) is 7.53. The van der Waals surface area contributed by atoms with E-state index in [2.05, 4.69) is 5.16 Å². The maximum atomic E-state index is 12.4. The molecule has 2 aromatic rings. The maximum absolute atomic E-state index is 12.4. The van der Waals surface area contributed by atoms with E-state index in [9.17, 15) is 4.79 Å². The van der Waals surface area contributed by atoms with E-state index >= 15 is 0 Å². The van der Waals surface area contributed by atoms with Crippen molar-refractivity contribution in [2.24, 2.45) is 0 Å². The Bertz CT molecular complexity index is 748. The van der Waals surface area contributed by atoms with Crippen molar-refractivity contribution in [2.75, 3.05) is 13.2 Å². The molecule has 0 aliphatic carbocycles. The van der Waals surface area contributed by atoms with Crippen LogP contribution in [0.4, 0.5) is 0 Å². The third-order valence-corrected chi connectivity index (χ3v) is 3.87. The molecule has 1 fully saturated rings. The van der Waals surface area contributed by atoms with Crippen LogP contribution < -0.4 is 4.74 Å². The van der Waals surface area contributed by atoms with Crippen LogP contribution >= 0.6 is 0 Å². The zero-order valence-electron chi connectivity index (χ0n) is 12.9. The number of hydrogen-bond donors (Lipinski definition) is 0. The fraction of sp³-hybridized carbons (Fsp3) is 0.353. The highest BCUT2D eigenvalue weighted by Gasteiger charge is 2.32. The van der Waals surface area contributed by atoms with Gasteiger partial charge in [0.05, 0.1) is 23.4 Å². The molecular weight excluding hydrogens is 294 g/mol. The Labute approximate surface area is 134 Å². The molecule has 0 saturated carbocycles. The number of benzene rings is 1. The van der Waals surface area contributed by atoms with Crippen LogP contribution in [0.5, 0.6) is 5.75 Å². The molecule has 3 rings (SSSR count). The van der Waals surface area contributed by atoms with Crippen LogP contribution in [-0.4, -0.2) is 29.1 Å². The number of aryl methyl sites for hydroxylation is 1. The van der Waals surface area contributed by atoms with E-state index in [-0.39, 0.29) is 18.6 Å². The van der Waals surface area contributed by atoms with E-state index < -0.39 is 0 Å². The molecule has 1 amide bonds. The molecule has 0 N–H and O–H groups in total. The van der Waals surface area contributed by atoms with Gasteiger partial charge in [-0.25, -0.2) is 0 Å². The summed E-state index contributed by atoms with van der Waals surface area (Å²) in [6, 6.07) is 10.6. The summed E-state index contributed by atoms with van der Waals surface area (Å²) >= 11 is 0. The molecule has 0 unspecified atom stereocenters. The van der Waals surface area contributed by atoms with Gasteiger partial charge in [-0.1, -0.05) is 11.2 Å². The van der Waals surface area contributed by atoms with Crippen molar-refractivity contribution in [3.63, 3.8) is 0 Å². The minimum atomic E-state index is -0.0936. The fourth-order valence-corrected chi connectivity index (χ4v) is 2.78. The van der Waals surface area contributed by atoms with Crippen LogP contribution in [-0.2, 0) is 4.79 Å². The maximum Gasteiger partial charge on any atom is 0.261 e. The van der Waals surface area contributed by atoms with Gasteiger partial charge in [-0.05, 0) is 38.0 Å². The summed E-state index contributed by atoms with van der Waals surface area (Å²) in [5.41, 5.74) is 1.31. The average molecular weight is 311 g/mol. The van der Waals surface area contributed by atoms with E-state index in [1.807, 2.05) is 19.1 Å². The second-order valence-corrected chi connectivity index (χ2v) is 5.54. The zero-order chi connectivity index (χ0) is 16.2. The van der Waals surface area contributed by atoms with Gasteiger partial charge in [0.15, 0.2) is 12.4 Å². The van der Waals surface area contributed by atoms with E-state index in [1.54, 1.807) is 29.2 Å². The van der Waals surface area contributed by atoms with Gasteiger partial charge in [-0.2, -0.15) is 5.26 Å². The van der Waals surface area contributed by atoms with Gasteiger partial charge < -0.3 is 14.2 Å². The van der Waals surface area contributed by atoms with E-state index in [0.717, 1.165) is 24.3 Å². The van der Waals surface area contributed by atoms with Gasteiger partial charge in [-0.3, -0.25) is 4.79 Å². The molecule has 1 aromatic carbocycles. The Morgan fingerprint density at radius 2 is 2.39 bits per heavy atom. The highest BCUT2D eigenvalue weighted by Crippen LogP contribution is 2.32. The standard InChI is InChI=1S/C17H17N3O3/c1-12-8-16(23-19-12)15-6-3-7-20(15)17(21)11-22-14-5-2-4-13(9-14)10-18/h2,4-5,8-9,15H,3,6-7,11H2,1H3/t15-/m1/s1. The summed E-state index contributed by atoms with van der Waals surface area (Å²) in [4.78, 5) is 14.2. The van der Waals surface area contributed by atoms with Crippen LogP contribution in [0.15, 0.2) is 34.9 Å². The third-order valence-electron chi connectivity index (χ3n) is 3.87. The second-order valence-electron chi connectivity index (χ2n) is 5.54. The molecule has 1 aliphatic rings. The number of likely N-dealkylation sites (tertiary alicyclic amines) is 1. The summed E-state index contributed by atoms with van der Waals surface area (Å²) in [6.07, 6.45) is 1.80. The van der Waals surface area contributed by atoms with Crippen molar-refractivity contribution in [3.8, 4) is 11.8 Å². The molecule has 0 radical (unpaired) electrons. The topological polar surface area (TPSA) is 79.4 Å². The van der Waals surface area contributed by atoms with Gasteiger partial charge in [-0.15, -0.1) is 0 Å². The van der Waals surface area contributed by atoms with Gasteiger partial charge >= 0.3 is 0 Å². The average Bonchev–Trinajstić information content (AvgIpc) is 3.21. The third kappa shape index (κ3) is 3.34. The van der Waals surface area contributed by atoms with Crippen molar-refractivity contribution >= 4 is 5.91 Å². The Morgan fingerprint density at radius 3 is 3.13 bits per heavy atom. The van der Waals surface area contributed by atoms with Crippen LogP contribution in [0.3, 0.4) is 0 Å². The molecular formula is C17H17N3O3. The Hall–Kier alpha value is -2.81. The van der Waals surface area contributed by atoms with Crippen molar-refractivity contribution in [2.45, 2.75) is 25.8 Å². The number of nitriles is 1. The summed E-state index contributed by atoms with van der Waals surface area (Å²) in [5.74, 6) is 1.15. The Kier molecular flexibility index (Phi) is 4.29. The van der Waals surface area contributed by atoms with Crippen molar-refractivity contribution in [3.05, 3.63) is 47.3 Å². The second kappa shape index (κ2) is 6.53. The van der Waals surface area contributed by atoms with Crippen LogP contribution in [0.2, 0.25) is 0 Å². The number of amides is 1. The molecule has 1 aromatic heterocycles. The number of carbonyl (C=O) groups is 1. The quantitative estimate of drug-likeness (QED) is 0.867. The van der Waals surface area contributed by atoms with Gasteiger partial charge in [0, 0.05) is 12.6 Å².